The maximum atomic E-state index is 7.26. The highest BCUT2D eigenvalue weighted by Gasteiger charge is 2.23. The average molecular weight is 740 g/mol. The fourth-order valence-corrected chi connectivity index (χ4v) is 9.74. The fourth-order valence-electron chi connectivity index (χ4n) is 9.74. The molecular weight excluding hydrogens is 707 g/mol. The molecule has 0 aliphatic heterocycles. The second kappa shape index (κ2) is 11.8. The molecule has 0 aliphatic rings. The summed E-state index contributed by atoms with van der Waals surface area (Å²) in [5.41, 5.74) is 14.5. The van der Waals surface area contributed by atoms with Crippen molar-refractivity contribution in [2.24, 2.45) is 0 Å². The Morgan fingerprint density at radius 2 is 0.638 bits per heavy atom. The predicted molar refractivity (Wildman–Crippen MR) is 242 cm³/mol. The van der Waals surface area contributed by atoms with Gasteiger partial charge in [-0.05, 0) is 108 Å². The topological polar surface area (TPSA) is 27.9 Å². The summed E-state index contributed by atoms with van der Waals surface area (Å²) in [5.74, 6) is 0. The first-order valence-electron chi connectivity index (χ1n) is 19.9. The van der Waals surface area contributed by atoms with E-state index in [-0.39, 0.29) is 0 Å². The second-order valence-electron chi connectivity index (χ2n) is 15.3. The summed E-state index contributed by atoms with van der Waals surface area (Å²) in [6.07, 6.45) is 0. The van der Waals surface area contributed by atoms with Crippen LogP contribution in [0, 0.1) is 0 Å². The van der Waals surface area contributed by atoms with Gasteiger partial charge in [0.25, 0.3) is 0 Å². The number of aromatic nitrogens is 3. The Morgan fingerprint density at radius 1 is 0.259 bits per heavy atom. The third kappa shape index (κ3) is 4.29. The molecule has 0 saturated carbocycles. The van der Waals surface area contributed by atoms with Crippen molar-refractivity contribution >= 4 is 87.4 Å². The molecule has 9 aromatic carbocycles. The Balaban J connectivity index is 1.10. The number of para-hydroxylation sites is 5. The normalized spacial score (nSPS) is 12.1. The maximum absolute atomic E-state index is 7.26. The largest absolute Gasteiger partial charge is 0.455 e. The molecule has 0 saturated heterocycles. The summed E-state index contributed by atoms with van der Waals surface area (Å²) in [6.45, 7) is 0. The van der Waals surface area contributed by atoms with Crippen LogP contribution in [0.1, 0.15) is 0 Å². The van der Waals surface area contributed by atoms with Crippen LogP contribution < -0.4 is 0 Å². The Morgan fingerprint density at radius 3 is 1.19 bits per heavy atom. The molecule has 0 radical (unpaired) electrons. The van der Waals surface area contributed by atoms with E-state index in [9.17, 15) is 0 Å². The molecule has 58 heavy (non-hydrogen) atoms. The molecule has 0 fully saturated rings. The monoisotopic (exact) mass is 739 g/mol. The second-order valence-corrected chi connectivity index (χ2v) is 15.3. The van der Waals surface area contributed by atoms with Crippen molar-refractivity contribution in [1.82, 2.24) is 13.7 Å². The summed E-state index contributed by atoms with van der Waals surface area (Å²) < 4.78 is 14.4. The van der Waals surface area contributed by atoms with Gasteiger partial charge in [0.05, 0.1) is 43.9 Å². The Kier molecular flexibility index (Phi) is 6.41. The third-order valence-electron chi connectivity index (χ3n) is 12.2. The van der Waals surface area contributed by atoms with Crippen LogP contribution in [-0.2, 0) is 0 Å². The van der Waals surface area contributed by atoms with Crippen LogP contribution in [0.5, 0.6) is 0 Å². The van der Waals surface area contributed by atoms with Gasteiger partial charge in [0.15, 0.2) is 0 Å². The van der Waals surface area contributed by atoms with Crippen molar-refractivity contribution in [1.29, 1.82) is 0 Å². The van der Waals surface area contributed by atoms with Gasteiger partial charge in [-0.15, -0.1) is 0 Å². The molecule has 0 amide bonds. The highest BCUT2D eigenvalue weighted by molar-refractivity contribution is 6.29. The van der Waals surface area contributed by atoms with Crippen molar-refractivity contribution in [2.75, 3.05) is 0 Å². The molecule has 0 N–H and O–H groups in total. The van der Waals surface area contributed by atoms with Crippen LogP contribution in [0.25, 0.3) is 116 Å². The van der Waals surface area contributed by atoms with Crippen LogP contribution in [-0.4, -0.2) is 13.7 Å². The molecule has 0 unspecified atom stereocenters. The molecule has 270 valence electrons. The zero-order valence-electron chi connectivity index (χ0n) is 31.3. The maximum Gasteiger partial charge on any atom is 0.145 e. The lowest BCUT2D eigenvalue weighted by molar-refractivity contribution is 0.677. The average Bonchev–Trinajstić information content (AvgIpc) is 4.03. The molecule has 13 rings (SSSR count). The van der Waals surface area contributed by atoms with Gasteiger partial charge in [0.1, 0.15) is 11.2 Å². The number of hydrogen-bond acceptors (Lipinski definition) is 1. The van der Waals surface area contributed by atoms with E-state index in [1.165, 1.54) is 38.3 Å². The van der Waals surface area contributed by atoms with E-state index < -0.39 is 0 Å². The molecule has 0 atom stereocenters. The lowest BCUT2D eigenvalue weighted by Gasteiger charge is -2.09. The number of hydrogen-bond donors (Lipinski definition) is 0. The van der Waals surface area contributed by atoms with Gasteiger partial charge in [-0.3, -0.25) is 0 Å². The number of rotatable bonds is 4. The summed E-state index contributed by atoms with van der Waals surface area (Å²) >= 11 is 0. The van der Waals surface area contributed by atoms with Crippen molar-refractivity contribution in [3.05, 3.63) is 200 Å². The first kappa shape index (κ1) is 31.4. The highest BCUT2D eigenvalue weighted by atomic mass is 16.3. The zero-order chi connectivity index (χ0) is 37.9. The third-order valence-corrected chi connectivity index (χ3v) is 12.2. The van der Waals surface area contributed by atoms with Crippen LogP contribution in [0.4, 0.5) is 0 Å². The quantitative estimate of drug-likeness (QED) is 0.177. The lowest BCUT2D eigenvalue weighted by Crippen LogP contribution is -1.93. The minimum atomic E-state index is 0.912. The molecule has 0 aliphatic carbocycles. The van der Waals surface area contributed by atoms with Crippen molar-refractivity contribution in [3.63, 3.8) is 0 Å². The number of benzene rings is 9. The van der Waals surface area contributed by atoms with E-state index in [1.807, 2.05) is 0 Å². The molecule has 0 spiro atoms. The van der Waals surface area contributed by atoms with E-state index in [0.29, 0.717) is 0 Å². The van der Waals surface area contributed by atoms with Crippen LogP contribution >= 0.6 is 0 Å². The Labute approximate surface area is 332 Å². The van der Waals surface area contributed by atoms with Gasteiger partial charge in [-0.25, -0.2) is 0 Å². The minimum absolute atomic E-state index is 0.912. The van der Waals surface area contributed by atoms with Gasteiger partial charge < -0.3 is 18.1 Å². The van der Waals surface area contributed by atoms with E-state index in [0.717, 1.165) is 77.2 Å². The lowest BCUT2D eigenvalue weighted by atomic mass is 10.00. The van der Waals surface area contributed by atoms with E-state index in [1.54, 1.807) is 0 Å². The van der Waals surface area contributed by atoms with Crippen molar-refractivity contribution in [3.8, 4) is 28.2 Å². The van der Waals surface area contributed by atoms with Gasteiger partial charge >= 0.3 is 0 Å². The van der Waals surface area contributed by atoms with Gasteiger partial charge in [-0.2, -0.15) is 0 Å². The summed E-state index contributed by atoms with van der Waals surface area (Å²) in [7, 11) is 0. The molecule has 4 heterocycles. The SMILES string of the molecule is c1ccc(-n2c3ccccc3c3cc(-c4ccc5c(c4)c4c6oc7c(ccc8c7c7ccccc7n8-c7ccccc7)c6ccc4n5-c4ccccc4)ccc32)cc1. The Bertz CT molecular complexity index is 3770. The van der Waals surface area contributed by atoms with E-state index in [2.05, 4.69) is 214 Å². The first-order chi connectivity index (χ1) is 28.8. The predicted octanol–water partition coefficient (Wildman–Crippen LogP) is 14.5. The van der Waals surface area contributed by atoms with Gasteiger partial charge in [0.2, 0.25) is 0 Å². The summed E-state index contributed by atoms with van der Waals surface area (Å²) in [5, 5.41) is 9.32. The van der Waals surface area contributed by atoms with Crippen LogP contribution in [0.2, 0.25) is 0 Å². The standard InChI is InChI=1S/C54H33N3O/c1-4-14-36(15-5-1)55-45-22-12-10-20-39(45)43-32-34(24-28-47(43)55)35-25-29-48-44(33-35)52-50(57(48)38-18-8-3-9-19-38)31-27-41-40-26-30-49-51(53(40)58-54(41)52)42-21-11-13-23-46(42)56(49)37-16-6-2-7-17-37/h1-33H. The fraction of sp³-hybridized carbons (Fsp3) is 0. The minimum Gasteiger partial charge on any atom is -0.455 e. The van der Waals surface area contributed by atoms with E-state index in [4.69, 9.17) is 4.42 Å². The zero-order valence-corrected chi connectivity index (χ0v) is 31.3. The number of nitrogens with zero attached hydrogens (tertiary/aromatic N) is 3. The molecule has 4 nitrogen and oxygen atoms in total. The van der Waals surface area contributed by atoms with Crippen molar-refractivity contribution < 1.29 is 4.42 Å². The van der Waals surface area contributed by atoms with Crippen LogP contribution in [0.15, 0.2) is 205 Å². The molecule has 4 aromatic heterocycles. The van der Waals surface area contributed by atoms with Crippen molar-refractivity contribution in [2.45, 2.75) is 0 Å². The molecule has 4 heteroatoms. The van der Waals surface area contributed by atoms with Gasteiger partial charge in [-0.1, -0.05) is 103 Å². The highest BCUT2D eigenvalue weighted by Crippen LogP contribution is 2.45. The first-order valence-corrected chi connectivity index (χ1v) is 19.9. The Hall–Kier alpha value is -7.82. The number of fused-ring (bicyclic) bond motifs is 14. The molecule has 13 aromatic rings. The van der Waals surface area contributed by atoms with E-state index >= 15 is 0 Å². The number of furan rings is 1. The smallest absolute Gasteiger partial charge is 0.145 e. The summed E-state index contributed by atoms with van der Waals surface area (Å²) in [6, 6.07) is 72.3. The van der Waals surface area contributed by atoms with Gasteiger partial charge in [0, 0.05) is 49.4 Å². The molecular formula is C54H33N3O. The summed E-state index contributed by atoms with van der Waals surface area (Å²) in [4.78, 5) is 0. The van der Waals surface area contributed by atoms with Crippen LogP contribution in [0.3, 0.4) is 0 Å². The molecule has 0 bridgehead atoms.